The van der Waals surface area contributed by atoms with Crippen molar-refractivity contribution >= 4 is 5.71 Å². The molecule has 1 aromatic carbocycles. The molecule has 1 unspecified atom stereocenters. The van der Waals surface area contributed by atoms with Crippen molar-refractivity contribution in [1.29, 1.82) is 5.41 Å². The molecule has 0 spiro atoms. The fourth-order valence-corrected chi connectivity index (χ4v) is 3.35. The van der Waals surface area contributed by atoms with Gasteiger partial charge in [-0.05, 0) is 83.0 Å². The summed E-state index contributed by atoms with van der Waals surface area (Å²) in [7, 11) is 2.22. The molecule has 21 heavy (non-hydrogen) atoms. The average molecular weight is 286 g/mol. The Bertz CT molecular complexity index is 413. The molecule has 0 saturated carbocycles. The van der Waals surface area contributed by atoms with Crippen LogP contribution in [0.3, 0.4) is 0 Å². The summed E-state index contributed by atoms with van der Waals surface area (Å²) in [6.07, 6.45) is 9.48. The molecule has 116 valence electrons. The number of hydrogen-bond donors (Lipinski definition) is 1. The maximum atomic E-state index is 8.05. The van der Waals surface area contributed by atoms with Crippen LogP contribution in [0.25, 0.3) is 0 Å². The molecule has 0 amide bonds. The van der Waals surface area contributed by atoms with Gasteiger partial charge in [-0.2, -0.15) is 0 Å². The van der Waals surface area contributed by atoms with Crippen LogP contribution >= 0.6 is 0 Å². The van der Waals surface area contributed by atoms with Crippen LogP contribution in [0.1, 0.15) is 50.5 Å². The third-order valence-corrected chi connectivity index (χ3v) is 4.63. The average Bonchev–Trinajstić information content (AvgIpc) is 2.47. The highest BCUT2D eigenvalue weighted by Gasteiger charge is 2.12. The van der Waals surface area contributed by atoms with Gasteiger partial charge in [-0.1, -0.05) is 30.3 Å². The minimum Gasteiger partial charge on any atom is -0.310 e. The topological polar surface area (TPSA) is 27.1 Å². The summed E-state index contributed by atoms with van der Waals surface area (Å²) in [4.78, 5) is 2.44. The van der Waals surface area contributed by atoms with Crippen molar-refractivity contribution in [2.24, 2.45) is 5.92 Å². The van der Waals surface area contributed by atoms with E-state index in [1.54, 1.807) is 0 Å². The van der Waals surface area contributed by atoms with Crippen LogP contribution in [0.5, 0.6) is 0 Å². The lowest BCUT2D eigenvalue weighted by molar-refractivity contribution is 0.302. The summed E-state index contributed by atoms with van der Waals surface area (Å²) in [5, 5.41) is 8.05. The summed E-state index contributed by atoms with van der Waals surface area (Å²) in [5.74, 6) is 0.785. The van der Waals surface area contributed by atoms with Gasteiger partial charge >= 0.3 is 0 Å². The zero-order valence-electron chi connectivity index (χ0n) is 13.5. The van der Waals surface area contributed by atoms with Crippen molar-refractivity contribution in [3.63, 3.8) is 0 Å². The Balaban J connectivity index is 1.89. The minimum absolute atomic E-state index is 0.785. The molecule has 0 aliphatic carbocycles. The molecule has 2 heteroatoms. The quantitative estimate of drug-likeness (QED) is 0.849. The van der Waals surface area contributed by atoms with Gasteiger partial charge in [0.25, 0.3) is 0 Å². The van der Waals surface area contributed by atoms with Crippen LogP contribution in [0.4, 0.5) is 0 Å². The maximum Gasteiger partial charge on any atom is 0.00896 e. The molecule has 1 aliphatic rings. The zero-order chi connectivity index (χ0) is 14.9. The number of benzene rings is 1. The van der Waals surface area contributed by atoms with Gasteiger partial charge in [0.1, 0.15) is 0 Å². The van der Waals surface area contributed by atoms with Gasteiger partial charge < -0.3 is 10.3 Å². The van der Waals surface area contributed by atoms with Crippen LogP contribution in [0.2, 0.25) is 0 Å². The van der Waals surface area contributed by atoms with E-state index in [9.17, 15) is 0 Å². The Morgan fingerprint density at radius 1 is 1.00 bits per heavy atom. The van der Waals surface area contributed by atoms with Crippen molar-refractivity contribution in [1.82, 2.24) is 4.90 Å². The van der Waals surface area contributed by atoms with Crippen molar-refractivity contribution < 1.29 is 0 Å². The third kappa shape index (κ3) is 6.43. The lowest BCUT2D eigenvalue weighted by Gasteiger charge is -2.22. The van der Waals surface area contributed by atoms with Crippen molar-refractivity contribution in [2.75, 3.05) is 20.1 Å². The van der Waals surface area contributed by atoms with Gasteiger partial charge in [0.05, 0.1) is 0 Å². The summed E-state index contributed by atoms with van der Waals surface area (Å²) >= 11 is 0. The van der Waals surface area contributed by atoms with Gasteiger partial charge in [-0.15, -0.1) is 0 Å². The van der Waals surface area contributed by atoms with E-state index in [0.717, 1.165) is 37.4 Å². The monoisotopic (exact) mass is 286 g/mol. The van der Waals surface area contributed by atoms with E-state index in [1.807, 2.05) is 0 Å². The van der Waals surface area contributed by atoms with Gasteiger partial charge in [0.15, 0.2) is 0 Å². The molecular weight excluding hydrogens is 256 g/mol. The number of nitrogens with zero attached hydrogens (tertiary/aromatic N) is 1. The first kappa shape index (κ1) is 16.2. The Morgan fingerprint density at radius 2 is 1.67 bits per heavy atom. The van der Waals surface area contributed by atoms with E-state index in [2.05, 4.69) is 42.3 Å². The van der Waals surface area contributed by atoms with Crippen LogP contribution in [0.15, 0.2) is 30.3 Å². The third-order valence-electron chi connectivity index (χ3n) is 4.63. The Labute approximate surface area is 130 Å². The molecule has 2 rings (SSSR count). The molecule has 0 aromatic heterocycles. The van der Waals surface area contributed by atoms with Gasteiger partial charge in [-0.25, -0.2) is 0 Å². The van der Waals surface area contributed by atoms with Crippen LogP contribution in [-0.4, -0.2) is 30.7 Å². The lowest BCUT2D eigenvalue weighted by Crippen LogP contribution is -2.23. The predicted octanol–water partition coefficient (Wildman–Crippen LogP) is 4.54. The van der Waals surface area contributed by atoms with E-state index in [1.165, 1.54) is 44.2 Å². The Hall–Kier alpha value is -1.15. The normalized spacial score (nSPS) is 23.3. The minimum atomic E-state index is 0.785. The SMILES string of the molecule is CN1CCCC(=N)CCCC(Cc2ccccc2)CCC1. The van der Waals surface area contributed by atoms with Crippen molar-refractivity contribution in [2.45, 2.75) is 51.4 Å². The fraction of sp³-hybridized carbons (Fsp3) is 0.632. The Kier molecular flexibility index (Phi) is 6.94. The van der Waals surface area contributed by atoms with Crippen LogP contribution < -0.4 is 0 Å². The molecule has 1 heterocycles. The molecule has 1 fully saturated rings. The van der Waals surface area contributed by atoms with E-state index >= 15 is 0 Å². The highest BCUT2D eigenvalue weighted by atomic mass is 15.1. The zero-order valence-corrected chi connectivity index (χ0v) is 13.5. The first-order chi connectivity index (χ1) is 10.2. The van der Waals surface area contributed by atoms with Gasteiger partial charge in [0.2, 0.25) is 0 Å². The molecule has 1 saturated heterocycles. The first-order valence-electron chi connectivity index (χ1n) is 8.53. The van der Waals surface area contributed by atoms with E-state index in [4.69, 9.17) is 5.41 Å². The largest absolute Gasteiger partial charge is 0.310 e. The molecule has 1 aliphatic heterocycles. The summed E-state index contributed by atoms with van der Waals surface area (Å²) in [5.41, 5.74) is 2.43. The molecule has 1 aromatic rings. The van der Waals surface area contributed by atoms with Gasteiger partial charge in [-0.3, -0.25) is 0 Å². The molecular formula is C19H30N2. The van der Waals surface area contributed by atoms with Crippen LogP contribution in [0, 0.1) is 11.3 Å². The summed E-state index contributed by atoms with van der Waals surface area (Å²) < 4.78 is 0. The van der Waals surface area contributed by atoms with Gasteiger partial charge in [0, 0.05) is 5.71 Å². The molecule has 2 nitrogen and oxygen atoms in total. The smallest absolute Gasteiger partial charge is 0.00896 e. The van der Waals surface area contributed by atoms with Crippen molar-refractivity contribution in [3.8, 4) is 0 Å². The first-order valence-corrected chi connectivity index (χ1v) is 8.53. The highest BCUT2D eigenvalue weighted by Crippen LogP contribution is 2.21. The Morgan fingerprint density at radius 3 is 2.48 bits per heavy atom. The predicted molar refractivity (Wildman–Crippen MR) is 91.2 cm³/mol. The summed E-state index contributed by atoms with van der Waals surface area (Å²) in [6, 6.07) is 10.9. The molecule has 1 N–H and O–H groups in total. The second-order valence-corrected chi connectivity index (χ2v) is 6.60. The number of rotatable bonds is 2. The number of hydrogen-bond acceptors (Lipinski definition) is 2. The summed E-state index contributed by atoms with van der Waals surface area (Å²) in [6.45, 7) is 2.35. The second-order valence-electron chi connectivity index (χ2n) is 6.60. The van der Waals surface area contributed by atoms with Crippen molar-refractivity contribution in [3.05, 3.63) is 35.9 Å². The highest BCUT2D eigenvalue weighted by molar-refractivity contribution is 5.81. The maximum absolute atomic E-state index is 8.05. The standard InChI is InChI=1S/C19H30N2/c1-21-14-6-11-18(16-17-8-3-2-4-9-17)10-5-12-19(20)13-7-15-21/h2-4,8-9,18,20H,5-7,10-16H2,1H3. The lowest BCUT2D eigenvalue weighted by atomic mass is 9.89. The number of nitrogens with one attached hydrogen (secondary N) is 1. The fourth-order valence-electron chi connectivity index (χ4n) is 3.35. The molecule has 1 atom stereocenters. The van der Waals surface area contributed by atoms with E-state index in [0.29, 0.717) is 0 Å². The van der Waals surface area contributed by atoms with E-state index in [-0.39, 0.29) is 0 Å². The molecule has 0 radical (unpaired) electrons. The van der Waals surface area contributed by atoms with Crippen LogP contribution in [-0.2, 0) is 6.42 Å². The molecule has 0 bridgehead atoms. The van der Waals surface area contributed by atoms with E-state index < -0.39 is 0 Å². The second kappa shape index (κ2) is 8.99.